The van der Waals surface area contributed by atoms with Crippen LogP contribution in [0.25, 0.3) is 0 Å². The van der Waals surface area contributed by atoms with Crippen molar-refractivity contribution in [3.05, 3.63) is 104 Å². The third-order valence-electron chi connectivity index (χ3n) is 10.7. The van der Waals surface area contributed by atoms with Gasteiger partial charge in [0, 0.05) is 34.0 Å². The van der Waals surface area contributed by atoms with Gasteiger partial charge >= 0.3 is 12.2 Å². The van der Waals surface area contributed by atoms with Crippen molar-refractivity contribution >= 4 is 23.2 Å². The van der Waals surface area contributed by atoms with Gasteiger partial charge in [-0.15, -0.1) is 11.3 Å². The average Bonchev–Trinajstić information content (AvgIpc) is 3.67. The number of aliphatic hydroxyl groups excluding tert-OH is 1. The number of hydrogen-bond acceptors (Lipinski definition) is 5. The van der Waals surface area contributed by atoms with Crippen LogP contribution in [0.15, 0.2) is 71.6 Å². The number of hydrogen-bond donors (Lipinski definition) is 3. The van der Waals surface area contributed by atoms with Crippen molar-refractivity contribution in [1.29, 1.82) is 0 Å². The first-order chi connectivity index (χ1) is 23.6. The molecule has 6 nitrogen and oxygen atoms in total. The SMILES string of the molecule is CC1=CCCC2(C)C(CCC2(O)CN(CCc2cccs2)C(=O)NC(C)C)c2ccc(cc2C(=O)c2cccc(C(F)(F)F)c2)CC(O)CC1. The molecule has 3 aliphatic rings. The molecular formula is C40H49F3N2O4S. The zero-order valence-electron chi connectivity index (χ0n) is 29.4. The second-order valence-corrected chi connectivity index (χ2v) is 15.7. The van der Waals surface area contributed by atoms with Crippen LogP contribution in [0.3, 0.4) is 0 Å². The number of benzene rings is 2. The van der Waals surface area contributed by atoms with E-state index >= 15 is 0 Å². The van der Waals surface area contributed by atoms with E-state index in [1.807, 2.05) is 57.3 Å². The van der Waals surface area contributed by atoms with Gasteiger partial charge in [-0.05, 0) is 119 Å². The minimum absolute atomic E-state index is 0.0708. The summed E-state index contributed by atoms with van der Waals surface area (Å²) in [5, 5.41) is 28.7. The van der Waals surface area contributed by atoms with Gasteiger partial charge in [-0.3, -0.25) is 4.79 Å². The molecule has 0 aliphatic heterocycles. The minimum Gasteiger partial charge on any atom is -0.393 e. The fourth-order valence-electron chi connectivity index (χ4n) is 7.80. The number of nitrogens with zero attached hydrogens (tertiary/aromatic N) is 1. The van der Waals surface area contributed by atoms with Gasteiger partial charge in [0.15, 0.2) is 5.78 Å². The average molecular weight is 711 g/mol. The van der Waals surface area contributed by atoms with Crippen molar-refractivity contribution in [2.24, 2.45) is 5.41 Å². The second kappa shape index (κ2) is 15.4. The van der Waals surface area contributed by atoms with Gasteiger partial charge in [0.1, 0.15) is 0 Å². The Morgan fingerprint density at radius 3 is 2.56 bits per heavy atom. The molecule has 270 valence electrons. The molecule has 3 N–H and O–H groups in total. The number of fused-ring (bicyclic) bond motifs is 8. The fourth-order valence-corrected chi connectivity index (χ4v) is 8.49. The fraction of sp³-hybridized carbons (Fsp3) is 0.500. The number of amides is 2. The molecule has 0 spiro atoms. The van der Waals surface area contributed by atoms with Crippen LogP contribution in [0.2, 0.25) is 0 Å². The number of thiophene rings is 1. The molecule has 10 heteroatoms. The lowest BCUT2D eigenvalue weighted by Gasteiger charge is -2.46. The van der Waals surface area contributed by atoms with Crippen molar-refractivity contribution in [2.45, 2.75) is 109 Å². The first kappa shape index (κ1) is 37.8. The lowest BCUT2D eigenvalue weighted by molar-refractivity contribution is -0.137. The van der Waals surface area contributed by atoms with Crippen LogP contribution in [-0.2, 0) is 19.0 Å². The van der Waals surface area contributed by atoms with Crippen LogP contribution < -0.4 is 5.32 Å². The van der Waals surface area contributed by atoms with Crippen LogP contribution in [0.1, 0.15) is 110 Å². The number of alkyl halides is 3. The Hall–Kier alpha value is -3.47. The highest BCUT2D eigenvalue weighted by atomic mass is 32.1. The van der Waals surface area contributed by atoms with E-state index in [1.54, 1.807) is 22.3 Å². The molecule has 6 rings (SSSR count). The highest BCUT2D eigenvalue weighted by Crippen LogP contribution is 2.59. The molecular weight excluding hydrogens is 662 g/mol. The maximum absolute atomic E-state index is 14.3. The number of urea groups is 1. The molecule has 2 bridgehead atoms. The van der Waals surface area contributed by atoms with E-state index in [0.29, 0.717) is 63.5 Å². The molecule has 3 aliphatic carbocycles. The molecule has 2 amide bonds. The third kappa shape index (κ3) is 8.52. The normalized spacial score (nSPS) is 24.4. The lowest BCUT2D eigenvalue weighted by Crippen LogP contribution is -2.56. The molecule has 50 heavy (non-hydrogen) atoms. The van der Waals surface area contributed by atoms with E-state index in [4.69, 9.17) is 0 Å². The Morgan fingerprint density at radius 1 is 1.08 bits per heavy atom. The highest BCUT2D eigenvalue weighted by Gasteiger charge is 2.57. The van der Waals surface area contributed by atoms with Gasteiger partial charge in [-0.1, -0.05) is 48.9 Å². The van der Waals surface area contributed by atoms with Crippen molar-refractivity contribution in [2.75, 3.05) is 13.1 Å². The first-order valence-corrected chi connectivity index (χ1v) is 18.5. The molecule has 3 aromatic rings. The van der Waals surface area contributed by atoms with Gasteiger partial charge < -0.3 is 20.4 Å². The number of halogens is 3. The smallest absolute Gasteiger partial charge is 0.393 e. The number of carbonyl (C=O) groups excluding carboxylic acids is 2. The molecule has 1 aromatic heterocycles. The summed E-state index contributed by atoms with van der Waals surface area (Å²) in [7, 11) is 0. The Morgan fingerprint density at radius 2 is 1.86 bits per heavy atom. The summed E-state index contributed by atoms with van der Waals surface area (Å²) in [6.07, 6.45) is 1.12. The largest absolute Gasteiger partial charge is 0.416 e. The number of ketones is 1. The van der Waals surface area contributed by atoms with E-state index in [9.17, 15) is 33.0 Å². The number of allylic oxidation sites excluding steroid dienone is 2. The molecule has 4 unspecified atom stereocenters. The number of rotatable bonds is 8. The van der Waals surface area contributed by atoms with E-state index in [1.165, 1.54) is 12.1 Å². The standard InChI is InChI=1S/C40H49F3N2O4S/c1-26(2)44-37(48)45(20-17-32-11-7-21-50-32)25-39(49)19-16-35-33-15-13-28(22-31(46)14-12-27(3)8-6-18-38(35,39)4)23-34(33)36(47)29-9-5-10-30(24-29)40(41,42)43/h5,7-11,13,15,21,23-24,26,31,35,46,49H,6,12,14,16-20,22,25H2,1-4H3,(H,44,48). The van der Waals surface area contributed by atoms with Crippen molar-refractivity contribution in [3.8, 4) is 0 Å². The van der Waals surface area contributed by atoms with Crippen LogP contribution >= 0.6 is 11.3 Å². The molecule has 1 saturated carbocycles. The summed E-state index contributed by atoms with van der Waals surface area (Å²) in [6, 6.07) is 13.6. The number of aliphatic hydroxyl groups is 2. The van der Waals surface area contributed by atoms with Gasteiger partial charge in [0.05, 0.1) is 23.8 Å². The second-order valence-electron chi connectivity index (χ2n) is 14.7. The molecule has 0 saturated heterocycles. The summed E-state index contributed by atoms with van der Waals surface area (Å²) in [4.78, 5) is 30.7. The van der Waals surface area contributed by atoms with Crippen LogP contribution in [-0.4, -0.2) is 57.8 Å². The van der Waals surface area contributed by atoms with Gasteiger partial charge in [0.2, 0.25) is 0 Å². The van der Waals surface area contributed by atoms with E-state index in [2.05, 4.69) is 11.4 Å². The number of nitrogens with one attached hydrogen (secondary N) is 1. The molecule has 4 atom stereocenters. The Bertz CT molecular complexity index is 1690. The zero-order valence-corrected chi connectivity index (χ0v) is 30.2. The predicted octanol–water partition coefficient (Wildman–Crippen LogP) is 8.70. The quantitative estimate of drug-likeness (QED) is 0.161. The molecule has 2 aromatic carbocycles. The van der Waals surface area contributed by atoms with E-state index in [0.717, 1.165) is 28.1 Å². The molecule has 1 heterocycles. The third-order valence-corrected chi connectivity index (χ3v) is 11.7. The maximum Gasteiger partial charge on any atom is 0.416 e. The molecule has 0 radical (unpaired) electrons. The lowest BCUT2D eigenvalue weighted by atomic mass is 9.64. The summed E-state index contributed by atoms with van der Waals surface area (Å²) < 4.78 is 41.1. The van der Waals surface area contributed by atoms with Crippen molar-refractivity contribution < 1.29 is 33.0 Å². The van der Waals surface area contributed by atoms with Crippen LogP contribution in [0, 0.1) is 5.41 Å². The van der Waals surface area contributed by atoms with Crippen molar-refractivity contribution in [1.82, 2.24) is 10.2 Å². The molecule has 1 fully saturated rings. The predicted molar refractivity (Wildman–Crippen MR) is 192 cm³/mol. The summed E-state index contributed by atoms with van der Waals surface area (Å²) in [5.41, 5.74) is -0.296. The monoisotopic (exact) mass is 710 g/mol. The Labute approximate surface area is 297 Å². The van der Waals surface area contributed by atoms with E-state index in [-0.39, 0.29) is 35.7 Å². The van der Waals surface area contributed by atoms with Gasteiger partial charge in [-0.2, -0.15) is 13.2 Å². The van der Waals surface area contributed by atoms with E-state index < -0.39 is 34.6 Å². The van der Waals surface area contributed by atoms with Crippen LogP contribution in [0.4, 0.5) is 18.0 Å². The topological polar surface area (TPSA) is 89.9 Å². The summed E-state index contributed by atoms with van der Waals surface area (Å²) in [6.45, 7) is 8.38. The summed E-state index contributed by atoms with van der Waals surface area (Å²) in [5.74, 6) is -0.864. The number of carbonyl (C=O) groups is 2. The highest BCUT2D eigenvalue weighted by molar-refractivity contribution is 7.09. The van der Waals surface area contributed by atoms with Gasteiger partial charge in [-0.25, -0.2) is 4.79 Å². The van der Waals surface area contributed by atoms with Crippen LogP contribution in [0.5, 0.6) is 0 Å². The maximum atomic E-state index is 14.3. The van der Waals surface area contributed by atoms with Gasteiger partial charge in [0.25, 0.3) is 0 Å². The Kier molecular flexibility index (Phi) is 11.6. The first-order valence-electron chi connectivity index (χ1n) is 17.6. The Balaban J connectivity index is 1.59. The van der Waals surface area contributed by atoms with Crippen molar-refractivity contribution in [3.63, 3.8) is 0 Å². The zero-order chi connectivity index (χ0) is 36.3. The minimum atomic E-state index is -4.61. The summed E-state index contributed by atoms with van der Waals surface area (Å²) >= 11 is 1.62.